The summed E-state index contributed by atoms with van der Waals surface area (Å²) in [5, 5.41) is 3.28. The molecular formula is C27H34BrNO7S. The Morgan fingerprint density at radius 3 is 2.57 bits per heavy atom. The Labute approximate surface area is 230 Å². The summed E-state index contributed by atoms with van der Waals surface area (Å²) in [5.74, 6) is -0.875. The maximum absolute atomic E-state index is 13.9. The van der Waals surface area contributed by atoms with E-state index >= 15 is 0 Å². The van der Waals surface area contributed by atoms with Gasteiger partial charge in [0.05, 0.1) is 30.9 Å². The van der Waals surface area contributed by atoms with E-state index in [1.807, 2.05) is 26.8 Å². The number of esters is 2. The zero-order chi connectivity index (χ0) is 27.3. The van der Waals surface area contributed by atoms with Crippen LogP contribution in [0.2, 0.25) is 0 Å². The van der Waals surface area contributed by atoms with Crippen LogP contribution in [0.3, 0.4) is 0 Å². The first-order valence-corrected chi connectivity index (χ1v) is 14.2. The molecule has 37 heavy (non-hydrogen) atoms. The van der Waals surface area contributed by atoms with Crippen molar-refractivity contribution < 1.29 is 33.3 Å². The van der Waals surface area contributed by atoms with Gasteiger partial charge in [0, 0.05) is 28.6 Å². The number of dihydropyridines is 1. The predicted octanol–water partition coefficient (Wildman–Crippen LogP) is 4.77. The van der Waals surface area contributed by atoms with Crippen molar-refractivity contribution in [1.29, 1.82) is 0 Å². The number of ketones is 1. The number of thioether (sulfide) groups is 1. The van der Waals surface area contributed by atoms with Gasteiger partial charge in [0.15, 0.2) is 17.3 Å². The lowest BCUT2D eigenvalue weighted by atomic mass is 9.69. The van der Waals surface area contributed by atoms with Gasteiger partial charge in [0.25, 0.3) is 0 Å². The molecule has 8 nitrogen and oxygen atoms in total. The van der Waals surface area contributed by atoms with E-state index in [4.69, 9.17) is 18.9 Å². The molecule has 1 N–H and O–H groups in total. The molecule has 1 aromatic carbocycles. The van der Waals surface area contributed by atoms with Crippen LogP contribution >= 0.6 is 27.7 Å². The molecule has 0 spiro atoms. The van der Waals surface area contributed by atoms with Gasteiger partial charge in [-0.1, -0.05) is 13.8 Å². The maximum atomic E-state index is 13.9. The molecule has 0 aromatic heterocycles. The average molecular weight is 597 g/mol. The summed E-state index contributed by atoms with van der Waals surface area (Å²) in [4.78, 5) is 40.0. The van der Waals surface area contributed by atoms with Crippen LogP contribution in [-0.2, 0) is 23.9 Å². The highest BCUT2D eigenvalue weighted by atomic mass is 79.9. The van der Waals surface area contributed by atoms with Crippen molar-refractivity contribution in [1.82, 2.24) is 5.32 Å². The molecule has 3 atom stereocenters. The second kappa shape index (κ2) is 12.9. The normalized spacial score (nSPS) is 21.3. The third-order valence-corrected chi connectivity index (χ3v) is 7.95. The quantitative estimate of drug-likeness (QED) is 0.233. The minimum absolute atomic E-state index is 0.249. The monoisotopic (exact) mass is 595 g/mol. The number of nitrogens with one attached hydrogen (secondary N) is 1. The minimum Gasteiger partial charge on any atom is -0.492 e. The van der Waals surface area contributed by atoms with Gasteiger partial charge >= 0.3 is 11.9 Å². The molecule has 1 heterocycles. The molecule has 2 aliphatic rings. The zero-order valence-corrected chi connectivity index (χ0v) is 24.5. The summed E-state index contributed by atoms with van der Waals surface area (Å²) >= 11 is 5.23. The van der Waals surface area contributed by atoms with E-state index in [1.165, 1.54) is 7.11 Å². The number of hydrogen-bond acceptors (Lipinski definition) is 9. The van der Waals surface area contributed by atoms with Crippen LogP contribution in [-0.4, -0.2) is 56.7 Å². The Bertz CT molecular complexity index is 1130. The summed E-state index contributed by atoms with van der Waals surface area (Å²) < 4.78 is 22.6. The zero-order valence-electron chi connectivity index (χ0n) is 22.1. The summed E-state index contributed by atoms with van der Waals surface area (Å²) in [6, 6.07) is 3.59. The standard InChI is InChI=1S/C27H34BrNO7S/c1-7-35-19-13-16(12-17(28)25(19)33-5)22-21(27(32)36-9-10-37-8-2)15(4)29-18-11-14(3)20(26(31)34-6)24(30)23(18)22/h12-14,20,22,29H,7-11H2,1-6H3/t14-,20-,22-/m0/s1. The van der Waals surface area contributed by atoms with Crippen molar-refractivity contribution >= 4 is 45.4 Å². The molecule has 1 aromatic rings. The maximum Gasteiger partial charge on any atom is 0.336 e. The van der Waals surface area contributed by atoms with E-state index in [0.29, 0.717) is 62.9 Å². The third kappa shape index (κ3) is 6.00. The van der Waals surface area contributed by atoms with Gasteiger partial charge < -0.3 is 24.3 Å². The second-order valence-corrected chi connectivity index (χ2v) is 11.1. The number of Topliss-reactive ketones (excluding diaryl/α,β-unsaturated/α-hetero) is 1. The van der Waals surface area contributed by atoms with Crippen molar-refractivity contribution in [2.75, 3.05) is 38.9 Å². The fraction of sp³-hybridized carbons (Fsp3) is 0.519. The third-order valence-electron chi connectivity index (χ3n) is 6.50. The van der Waals surface area contributed by atoms with Crippen LogP contribution < -0.4 is 14.8 Å². The van der Waals surface area contributed by atoms with Gasteiger partial charge in [-0.25, -0.2) is 4.79 Å². The van der Waals surface area contributed by atoms with Crippen LogP contribution in [0.5, 0.6) is 11.5 Å². The fourth-order valence-electron chi connectivity index (χ4n) is 4.92. The largest absolute Gasteiger partial charge is 0.492 e. The molecule has 0 fully saturated rings. The molecule has 10 heteroatoms. The first-order chi connectivity index (χ1) is 17.7. The molecule has 3 rings (SSSR count). The van der Waals surface area contributed by atoms with Gasteiger partial charge in [-0.05, 0) is 65.6 Å². The van der Waals surface area contributed by atoms with Crippen molar-refractivity contribution in [2.45, 2.75) is 40.0 Å². The molecule has 202 valence electrons. The smallest absolute Gasteiger partial charge is 0.336 e. The Balaban J connectivity index is 2.19. The molecule has 0 unspecified atom stereocenters. The molecule has 1 aliphatic heterocycles. The Morgan fingerprint density at radius 1 is 1.22 bits per heavy atom. The second-order valence-electron chi connectivity index (χ2n) is 8.84. The predicted molar refractivity (Wildman–Crippen MR) is 146 cm³/mol. The lowest BCUT2D eigenvalue weighted by Crippen LogP contribution is -2.43. The lowest BCUT2D eigenvalue weighted by molar-refractivity contribution is -0.151. The Morgan fingerprint density at radius 2 is 1.95 bits per heavy atom. The molecule has 1 aliphatic carbocycles. The van der Waals surface area contributed by atoms with Crippen LogP contribution in [0.1, 0.15) is 45.6 Å². The first kappa shape index (κ1) is 29.1. The number of rotatable bonds is 10. The summed E-state index contributed by atoms with van der Waals surface area (Å²) in [5.41, 5.74) is 2.65. The van der Waals surface area contributed by atoms with Gasteiger partial charge in [-0.15, -0.1) is 0 Å². The molecule has 0 saturated carbocycles. The SMILES string of the molecule is CCOc1cc([C@H]2C(C(=O)OCCSCC)=C(C)NC3=C2C(=O)[C@@H](C(=O)OC)[C@@H](C)C3)cc(Br)c1OC. The van der Waals surface area contributed by atoms with E-state index in [1.54, 1.807) is 31.9 Å². The van der Waals surface area contributed by atoms with Gasteiger partial charge in [-0.3, -0.25) is 9.59 Å². The highest BCUT2D eigenvalue weighted by Crippen LogP contribution is 2.48. The molecular weight excluding hydrogens is 562 g/mol. The number of halogens is 1. The number of methoxy groups -OCH3 is 2. The van der Waals surface area contributed by atoms with Crippen LogP contribution in [0.25, 0.3) is 0 Å². The number of allylic oxidation sites excluding steroid dienone is 3. The number of carbonyl (C=O) groups excluding carboxylic acids is 3. The van der Waals surface area contributed by atoms with Crippen LogP contribution in [0, 0.1) is 11.8 Å². The highest BCUT2D eigenvalue weighted by Gasteiger charge is 2.47. The van der Waals surface area contributed by atoms with E-state index in [-0.39, 0.29) is 18.3 Å². The first-order valence-electron chi connectivity index (χ1n) is 12.3. The van der Waals surface area contributed by atoms with Crippen LogP contribution in [0.4, 0.5) is 0 Å². The summed E-state index contributed by atoms with van der Waals surface area (Å²) in [6.07, 6.45) is 0.458. The molecule has 0 saturated heterocycles. The number of ether oxygens (including phenoxy) is 4. The molecule has 0 radical (unpaired) electrons. The van der Waals surface area contributed by atoms with Gasteiger partial charge in [-0.2, -0.15) is 11.8 Å². The van der Waals surface area contributed by atoms with Crippen molar-refractivity contribution in [3.63, 3.8) is 0 Å². The summed E-state index contributed by atoms with van der Waals surface area (Å²) in [7, 11) is 2.82. The van der Waals surface area contributed by atoms with Crippen molar-refractivity contribution in [3.05, 3.63) is 44.7 Å². The van der Waals surface area contributed by atoms with E-state index in [0.717, 1.165) is 5.75 Å². The average Bonchev–Trinajstić information content (AvgIpc) is 2.85. The van der Waals surface area contributed by atoms with E-state index in [9.17, 15) is 14.4 Å². The van der Waals surface area contributed by atoms with Crippen LogP contribution in [0.15, 0.2) is 39.1 Å². The number of carbonyl (C=O) groups is 3. The fourth-order valence-corrected chi connectivity index (χ4v) is 6.03. The van der Waals surface area contributed by atoms with Gasteiger partial charge in [0.1, 0.15) is 12.5 Å². The summed E-state index contributed by atoms with van der Waals surface area (Å²) in [6.45, 7) is 8.20. The van der Waals surface area contributed by atoms with Gasteiger partial charge in [0.2, 0.25) is 0 Å². The van der Waals surface area contributed by atoms with Crippen molar-refractivity contribution in [2.24, 2.45) is 11.8 Å². The number of hydrogen-bond donors (Lipinski definition) is 1. The lowest BCUT2D eigenvalue weighted by Gasteiger charge is -2.38. The number of benzene rings is 1. The minimum atomic E-state index is -0.960. The molecule has 0 amide bonds. The Hall–Kier alpha value is -2.46. The van der Waals surface area contributed by atoms with E-state index in [2.05, 4.69) is 21.2 Å². The van der Waals surface area contributed by atoms with Crippen molar-refractivity contribution in [3.8, 4) is 11.5 Å². The van der Waals surface area contributed by atoms with E-state index < -0.39 is 23.8 Å². The topological polar surface area (TPSA) is 100 Å². The highest BCUT2D eigenvalue weighted by molar-refractivity contribution is 9.10. The Kier molecular flexibility index (Phi) is 10.1. The molecule has 0 bridgehead atoms.